The van der Waals surface area contributed by atoms with Crippen molar-refractivity contribution in [3.63, 3.8) is 0 Å². The fraction of sp³-hybridized carbons (Fsp3) is 0.304. The number of aryl methyl sites for hydroxylation is 1. The monoisotopic (exact) mass is 474 g/mol. The van der Waals surface area contributed by atoms with Crippen LogP contribution in [-0.4, -0.2) is 41.5 Å². The highest BCUT2D eigenvalue weighted by Crippen LogP contribution is 2.29. The van der Waals surface area contributed by atoms with Crippen LogP contribution >= 0.6 is 0 Å². The van der Waals surface area contributed by atoms with Crippen molar-refractivity contribution in [2.45, 2.75) is 31.6 Å². The lowest BCUT2D eigenvalue weighted by atomic mass is 9.97. The molecule has 0 spiro atoms. The molecule has 3 aromatic rings. The maximum Gasteiger partial charge on any atom is 0.246 e. The molecule has 10 heteroatoms. The third-order valence-electron chi connectivity index (χ3n) is 5.85. The molecule has 1 fully saturated rings. The van der Waals surface area contributed by atoms with Gasteiger partial charge < -0.3 is 5.32 Å². The number of anilines is 1. The fourth-order valence-electron chi connectivity index (χ4n) is 4.12. The summed E-state index contributed by atoms with van der Waals surface area (Å²) in [5, 5.41) is 6.95. The van der Waals surface area contributed by atoms with Crippen molar-refractivity contribution in [1.29, 1.82) is 0 Å². The zero-order chi connectivity index (χ0) is 23.8. The van der Waals surface area contributed by atoms with Gasteiger partial charge in [-0.15, -0.1) is 0 Å². The lowest BCUT2D eigenvalue weighted by Gasteiger charge is -2.30. The van der Waals surface area contributed by atoms with Crippen molar-refractivity contribution in [3.8, 4) is 5.69 Å². The maximum atomic E-state index is 13.8. The van der Waals surface area contributed by atoms with E-state index in [1.54, 1.807) is 19.9 Å². The first-order valence-electron chi connectivity index (χ1n) is 10.6. The van der Waals surface area contributed by atoms with Crippen LogP contribution in [0, 0.1) is 31.4 Å². The Bertz CT molecular complexity index is 1280. The summed E-state index contributed by atoms with van der Waals surface area (Å²) >= 11 is 0. The first kappa shape index (κ1) is 23.1. The van der Waals surface area contributed by atoms with Crippen LogP contribution in [0.5, 0.6) is 0 Å². The van der Waals surface area contributed by atoms with Crippen LogP contribution in [0.3, 0.4) is 0 Å². The van der Waals surface area contributed by atoms with Gasteiger partial charge in [0.05, 0.1) is 22.8 Å². The molecule has 33 heavy (non-hydrogen) atoms. The van der Waals surface area contributed by atoms with Crippen LogP contribution in [0.25, 0.3) is 5.69 Å². The van der Waals surface area contributed by atoms with Gasteiger partial charge in [0.15, 0.2) is 0 Å². The number of rotatable bonds is 5. The number of hydrogen-bond acceptors (Lipinski definition) is 4. The molecule has 0 radical (unpaired) electrons. The lowest BCUT2D eigenvalue weighted by molar-refractivity contribution is -0.120. The average Bonchev–Trinajstić information content (AvgIpc) is 3.10. The van der Waals surface area contributed by atoms with Crippen molar-refractivity contribution < 1.29 is 22.0 Å². The summed E-state index contributed by atoms with van der Waals surface area (Å²) in [5.41, 5.74) is 1.44. The molecular formula is C23H24F2N4O3S. The zero-order valence-corrected chi connectivity index (χ0v) is 19.1. The van der Waals surface area contributed by atoms with E-state index in [0.29, 0.717) is 29.9 Å². The van der Waals surface area contributed by atoms with E-state index in [1.807, 2.05) is 0 Å². The molecular weight excluding hydrogens is 450 g/mol. The first-order chi connectivity index (χ1) is 15.7. The summed E-state index contributed by atoms with van der Waals surface area (Å²) in [6.45, 7) is 3.61. The van der Waals surface area contributed by atoms with Crippen molar-refractivity contribution in [2.75, 3.05) is 18.4 Å². The predicted octanol–water partition coefficient (Wildman–Crippen LogP) is 3.81. The van der Waals surface area contributed by atoms with Crippen LogP contribution in [0.15, 0.2) is 53.4 Å². The number of carbonyl (C=O) groups is 1. The molecule has 1 amide bonds. The van der Waals surface area contributed by atoms with Crippen LogP contribution in [0.2, 0.25) is 0 Å². The highest BCUT2D eigenvalue weighted by molar-refractivity contribution is 7.89. The van der Waals surface area contributed by atoms with Gasteiger partial charge in [-0.25, -0.2) is 21.9 Å². The second kappa shape index (κ2) is 9.03. The highest BCUT2D eigenvalue weighted by Gasteiger charge is 2.35. The van der Waals surface area contributed by atoms with Gasteiger partial charge in [0.25, 0.3) is 0 Å². The van der Waals surface area contributed by atoms with Crippen molar-refractivity contribution in [3.05, 3.63) is 71.6 Å². The first-order valence-corrected chi connectivity index (χ1v) is 12.0. The highest BCUT2D eigenvalue weighted by atomic mass is 32.2. The SMILES string of the molecule is Cc1nn(-c2ccc(F)cc2)c(C)c1S(=O)(=O)N1CCC(C(=O)Nc2ccccc2F)CC1. The van der Waals surface area contributed by atoms with E-state index in [4.69, 9.17) is 0 Å². The molecule has 1 aliphatic heterocycles. The number of aromatic nitrogens is 2. The minimum absolute atomic E-state index is 0.108. The van der Waals surface area contributed by atoms with Crippen molar-refractivity contribution >= 4 is 21.6 Å². The van der Waals surface area contributed by atoms with Gasteiger partial charge in [-0.3, -0.25) is 4.79 Å². The second-order valence-electron chi connectivity index (χ2n) is 8.04. The van der Waals surface area contributed by atoms with Crippen LogP contribution < -0.4 is 5.32 Å². The normalized spacial score (nSPS) is 15.5. The summed E-state index contributed by atoms with van der Waals surface area (Å²) in [5.74, 6) is -1.65. The molecule has 4 rings (SSSR count). The van der Waals surface area contributed by atoms with Gasteiger partial charge in [-0.2, -0.15) is 9.40 Å². The van der Waals surface area contributed by atoms with Gasteiger partial charge in [0, 0.05) is 19.0 Å². The van der Waals surface area contributed by atoms with E-state index in [9.17, 15) is 22.0 Å². The number of amides is 1. The number of para-hydroxylation sites is 1. The Morgan fingerprint density at radius 3 is 2.30 bits per heavy atom. The molecule has 1 N–H and O–H groups in total. The Morgan fingerprint density at radius 2 is 1.67 bits per heavy atom. The molecule has 1 saturated heterocycles. The number of piperidine rings is 1. The lowest BCUT2D eigenvalue weighted by Crippen LogP contribution is -2.41. The molecule has 174 valence electrons. The smallest absolute Gasteiger partial charge is 0.246 e. The number of hydrogen-bond donors (Lipinski definition) is 1. The van der Waals surface area contributed by atoms with Crippen LogP contribution in [0.1, 0.15) is 24.2 Å². The summed E-state index contributed by atoms with van der Waals surface area (Å²) in [6.07, 6.45) is 0.646. The summed E-state index contributed by atoms with van der Waals surface area (Å²) in [6, 6.07) is 11.6. The van der Waals surface area contributed by atoms with Gasteiger partial charge in [0.1, 0.15) is 16.5 Å². The van der Waals surface area contributed by atoms with E-state index in [1.165, 1.54) is 51.5 Å². The Labute approximate surface area is 191 Å². The molecule has 0 atom stereocenters. The number of carbonyl (C=O) groups excluding carboxylic acids is 1. The topological polar surface area (TPSA) is 84.3 Å². The molecule has 0 bridgehead atoms. The van der Waals surface area contributed by atoms with Gasteiger partial charge in [-0.05, 0) is 63.1 Å². The number of nitrogens with one attached hydrogen (secondary N) is 1. The number of halogens is 2. The zero-order valence-electron chi connectivity index (χ0n) is 18.3. The van der Waals surface area contributed by atoms with Gasteiger partial charge >= 0.3 is 0 Å². The largest absolute Gasteiger partial charge is 0.323 e. The Balaban J connectivity index is 1.49. The van der Waals surface area contributed by atoms with Crippen molar-refractivity contribution in [1.82, 2.24) is 14.1 Å². The Kier molecular flexibility index (Phi) is 6.31. The quantitative estimate of drug-likeness (QED) is 0.610. The second-order valence-corrected chi connectivity index (χ2v) is 9.91. The van der Waals surface area contributed by atoms with Gasteiger partial charge in [0.2, 0.25) is 15.9 Å². The number of nitrogens with zero attached hydrogens (tertiary/aromatic N) is 3. The average molecular weight is 475 g/mol. The van der Waals surface area contributed by atoms with Crippen LogP contribution in [0.4, 0.5) is 14.5 Å². The molecule has 1 aliphatic rings. The summed E-state index contributed by atoms with van der Waals surface area (Å²) in [4.78, 5) is 12.7. The van der Waals surface area contributed by atoms with E-state index in [2.05, 4.69) is 10.4 Å². The molecule has 1 aromatic heterocycles. The third-order valence-corrected chi connectivity index (χ3v) is 8.00. The minimum Gasteiger partial charge on any atom is -0.323 e. The molecule has 0 unspecified atom stereocenters. The summed E-state index contributed by atoms with van der Waals surface area (Å²) in [7, 11) is -3.85. The van der Waals surface area contributed by atoms with Crippen molar-refractivity contribution in [2.24, 2.45) is 5.92 Å². The van der Waals surface area contributed by atoms with Crippen LogP contribution in [-0.2, 0) is 14.8 Å². The molecule has 2 heterocycles. The van der Waals surface area contributed by atoms with Gasteiger partial charge in [-0.1, -0.05) is 12.1 Å². The number of benzene rings is 2. The summed E-state index contributed by atoms with van der Waals surface area (Å²) < 4.78 is 56.7. The van der Waals surface area contributed by atoms with E-state index < -0.39 is 27.6 Å². The molecule has 2 aromatic carbocycles. The standard InChI is InChI=1S/C23H24F2N4O3S/c1-15-22(16(2)29(27-15)19-9-7-18(24)8-10-19)33(31,32)28-13-11-17(12-14-28)23(30)26-21-6-4-3-5-20(21)25/h3-10,17H,11-14H2,1-2H3,(H,26,30). The molecule has 7 nitrogen and oxygen atoms in total. The minimum atomic E-state index is -3.85. The predicted molar refractivity (Wildman–Crippen MR) is 120 cm³/mol. The molecule has 0 aliphatic carbocycles. The number of sulfonamides is 1. The maximum absolute atomic E-state index is 13.8. The fourth-order valence-corrected chi connectivity index (χ4v) is 5.94. The van der Waals surface area contributed by atoms with E-state index in [0.717, 1.165) is 0 Å². The Hall–Kier alpha value is -3.11. The van der Waals surface area contributed by atoms with E-state index >= 15 is 0 Å². The van der Waals surface area contributed by atoms with E-state index in [-0.39, 0.29) is 29.6 Å². The molecule has 0 saturated carbocycles. The Morgan fingerprint density at radius 1 is 1.03 bits per heavy atom. The third kappa shape index (κ3) is 4.53.